The van der Waals surface area contributed by atoms with Crippen molar-refractivity contribution in [3.8, 4) is 5.75 Å². The number of carbonyl (C=O) groups excluding carboxylic acids is 2. The topological polar surface area (TPSA) is 136 Å². The zero-order chi connectivity index (χ0) is 22.3. The molecule has 3 aromatic carbocycles. The van der Waals surface area contributed by atoms with Gasteiger partial charge in [-0.05, 0) is 25.1 Å². The summed E-state index contributed by atoms with van der Waals surface area (Å²) in [7, 11) is -4.78. The van der Waals surface area contributed by atoms with E-state index in [1.807, 2.05) is 0 Å². The van der Waals surface area contributed by atoms with Gasteiger partial charge < -0.3 is 15.8 Å². The second-order valence-electron chi connectivity index (χ2n) is 6.82. The van der Waals surface area contributed by atoms with E-state index in [2.05, 4.69) is 5.32 Å². The number of nitrogens with two attached hydrogens (primary N) is 1. The molecule has 9 heteroatoms. The van der Waals surface area contributed by atoms with Crippen molar-refractivity contribution in [2.45, 2.75) is 11.8 Å². The molecule has 0 radical (unpaired) electrons. The number of hydrogen-bond acceptors (Lipinski definition) is 7. The van der Waals surface area contributed by atoms with Gasteiger partial charge in [-0.3, -0.25) is 14.1 Å². The Labute approximate surface area is 178 Å². The highest BCUT2D eigenvalue weighted by molar-refractivity contribution is 7.86. The molecule has 0 aromatic heterocycles. The highest BCUT2D eigenvalue weighted by Crippen LogP contribution is 2.41. The lowest BCUT2D eigenvalue weighted by atomic mass is 9.82. The molecule has 0 spiro atoms. The van der Waals surface area contributed by atoms with E-state index in [0.29, 0.717) is 18.0 Å². The molecule has 158 valence electrons. The zero-order valence-electron chi connectivity index (χ0n) is 16.4. The molecule has 0 atom stereocenters. The molecule has 0 amide bonds. The van der Waals surface area contributed by atoms with Crippen molar-refractivity contribution in [1.82, 2.24) is 0 Å². The van der Waals surface area contributed by atoms with Crippen molar-refractivity contribution in [2.24, 2.45) is 0 Å². The number of benzene rings is 3. The number of nitrogens with one attached hydrogen (secondary N) is 1. The van der Waals surface area contributed by atoms with Crippen LogP contribution in [0.4, 0.5) is 17.1 Å². The zero-order valence-corrected chi connectivity index (χ0v) is 17.2. The van der Waals surface area contributed by atoms with Crippen LogP contribution in [0.25, 0.3) is 0 Å². The van der Waals surface area contributed by atoms with Crippen LogP contribution < -0.4 is 15.8 Å². The van der Waals surface area contributed by atoms with Gasteiger partial charge in [-0.15, -0.1) is 0 Å². The molecule has 3 aromatic rings. The fourth-order valence-electron chi connectivity index (χ4n) is 3.60. The smallest absolute Gasteiger partial charge is 0.296 e. The molecule has 4 N–H and O–H groups in total. The molecule has 0 saturated carbocycles. The van der Waals surface area contributed by atoms with Crippen molar-refractivity contribution in [2.75, 3.05) is 17.7 Å². The first-order valence-electron chi connectivity index (χ1n) is 9.35. The van der Waals surface area contributed by atoms with Crippen LogP contribution in [0.15, 0.2) is 59.5 Å². The summed E-state index contributed by atoms with van der Waals surface area (Å²) in [6, 6.07) is 14.1. The molecular weight excluding hydrogens is 420 g/mol. The van der Waals surface area contributed by atoms with Crippen molar-refractivity contribution < 1.29 is 27.3 Å². The number of hydrogen-bond donors (Lipinski definition) is 3. The van der Waals surface area contributed by atoms with Gasteiger partial charge in [-0.1, -0.05) is 36.4 Å². The van der Waals surface area contributed by atoms with Gasteiger partial charge in [0.15, 0.2) is 11.6 Å². The highest BCUT2D eigenvalue weighted by atomic mass is 32.2. The molecule has 0 heterocycles. The standard InChI is InChI=1S/C22H18N2O6S/c1-2-30-16-10-6-5-9-14(16)24-15-11-17(31(27,28)29)20(23)19-18(15)21(25)12-7-3-4-8-13(12)22(19)26/h3-11,24H,2,23H2,1H3,(H,27,28,29). The lowest BCUT2D eigenvalue weighted by Crippen LogP contribution is -2.25. The van der Waals surface area contributed by atoms with Crippen LogP contribution in [0, 0.1) is 0 Å². The SMILES string of the molecule is CCOc1ccccc1Nc1cc(S(=O)(=O)O)c(N)c2c1C(=O)c1ccccc1C2=O. The fraction of sp³-hybridized carbons (Fsp3) is 0.0909. The first kappa shape index (κ1) is 20.6. The first-order chi connectivity index (χ1) is 14.7. The molecule has 8 nitrogen and oxygen atoms in total. The normalized spacial score (nSPS) is 12.8. The fourth-order valence-corrected chi connectivity index (χ4v) is 4.25. The number of carbonyl (C=O) groups is 2. The molecule has 0 fully saturated rings. The van der Waals surface area contributed by atoms with Crippen molar-refractivity contribution in [3.63, 3.8) is 0 Å². The minimum atomic E-state index is -4.78. The van der Waals surface area contributed by atoms with Gasteiger partial charge in [-0.2, -0.15) is 8.42 Å². The van der Waals surface area contributed by atoms with E-state index < -0.39 is 32.3 Å². The monoisotopic (exact) mass is 438 g/mol. The van der Waals surface area contributed by atoms with Gasteiger partial charge in [0.25, 0.3) is 10.1 Å². The summed E-state index contributed by atoms with van der Waals surface area (Å²) >= 11 is 0. The van der Waals surface area contributed by atoms with Crippen LogP contribution in [-0.4, -0.2) is 31.1 Å². The van der Waals surface area contributed by atoms with E-state index >= 15 is 0 Å². The highest BCUT2D eigenvalue weighted by Gasteiger charge is 2.36. The second kappa shape index (κ2) is 7.53. The number of rotatable bonds is 5. The minimum absolute atomic E-state index is 0.0110. The van der Waals surface area contributed by atoms with Crippen LogP contribution in [0.5, 0.6) is 5.75 Å². The minimum Gasteiger partial charge on any atom is -0.492 e. The predicted molar refractivity (Wildman–Crippen MR) is 115 cm³/mol. The van der Waals surface area contributed by atoms with Gasteiger partial charge in [0.2, 0.25) is 0 Å². The van der Waals surface area contributed by atoms with E-state index in [1.54, 1.807) is 43.3 Å². The average Bonchev–Trinajstić information content (AvgIpc) is 2.73. The van der Waals surface area contributed by atoms with Crippen LogP contribution in [-0.2, 0) is 10.1 Å². The van der Waals surface area contributed by atoms with E-state index in [4.69, 9.17) is 10.5 Å². The molecular formula is C22H18N2O6S. The van der Waals surface area contributed by atoms with Gasteiger partial charge in [0, 0.05) is 11.1 Å². The van der Waals surface area contributed by atoms with Crippen LogP contribution >= 0.6 is 0 Å². The molecule has 0 saturated heterocycles. The van der Waals surface area contributed by atoms with E-state index in [9.17, 15) is 22.6 Å². The molecule has 1 aliphatic carbocycles. The second-order valence-corrected chi connectivity index (χ2v) is 8.21. The lowest BCUT2D eigenvalue weighted by Gasteiger charge is -2.24. The lowest BCUT2D eigenvalue weighted by molar-refractivity contribution is 0.0980. The quantitative estimate of drug-likeness (QED) is 0.318. The molecule has 4 rings (SSSR count). The summed E-state index contributed by atoms with van der Waals surface area (Å²) in [5, 5.41) is 2.98. The third kappa shape index (κ3) is 3.43. The summed E-state index contributed by atoms with van der Waals surface area (Å²) in [5.74, 6) is -0.636. The summed E-state index contributed by atoms with van der Waals surface area (Å²) in [5.41, 5.74) is 5.90. The van der Waals surface area contributed by atoms with Gasteiger partial charge in [0.05, 0.1) is 34.8 Å². The Morgan fingerprint density at radius 3 is 2.13 bits per heavy atom. The summed E-state index contributed by atoms with van der Waals surface area (Å²) in [6.45, 7) is 2.18. The first-order valence-corrected chi connectivity index (χ1v) is 10.8. The average molecular weight is 438 g/mol. The van der Waals surface area contributed by atoms with E-state index in [1.165, 1.54) is 12.1 Å². The maximum atomic E-state index is 13.3. The Morgan fingerprint density at radius 2 is 1.52 bits per heavy atom. The van der Waals surface area contributed by atoms with Crippen LogP contribution in [0.1, 0.15) is 38.8 Å². The van der Waals surface area contributed by atoms with Crippen molar-refractivity contribution in [3.05, 3.63) is 76.9 Å². The van der Waals surface area contributed by atoms with Gasteiger partial charge in [0.1, 0.15) is 10.6 Å². The summed E-state index contributed by atoms with van der Waals surface area (Å²) < 4.78 is 39.2. The maximum absolute atomic E-state index is 13.3. The third-order valence-corrected chi connectivity index (χ3v) is 5.83. The molecule has 31 heavy (non-hydrogen) atoms. The Balaban J connectivity index is 2.01. The van der Waals surface area contributed by atoms with Crippen molar-refractivity contribution >= 4 is 38.7 Å². The summed E-state index contributed by atoms with van der Waals surface area (Å²) in [6.07, 6.45) is 0. The van der Waals surface area contributed by atoms with Crippen LogP contribution in [0.3, 0.4) is 0 Å². The summed E-state index contributed by atoms with van der Waals surface area (Å²) in [4.78, 5) is 25.8. The molecule has 1 aliphatic rings. The Morgan fingerprint density at radius 1 is 0.935 bits per heavy atom. The van der Waals surface area contributed by atoms with E-state index in [-0.39, 0.29) is 27.9 Å². The van der Waals surface area contributed by atoms with Crippen molar-refractivity contribution in [1.29, 1.82) is 0 Å². The number of nitrogen functional groups attached to an aromatic ring is 1. The van der Waals surface area contributed by atoms with Crippen LogP contribution in [0.2, 0.25) is 0 Å². The van der Waals surface area contributed by atoms with Gasteiger partial charge in [-0.25, -0.2) is 0 Å². The Kier molecular flexibility index (Phi) is 5.00. The molecule has 0 unspecified atom stereocenters. The van der Waals surface area contributed by atoms with Gasteiger partial charge >= 0.3 is 0 Å². The third-order valence-electron chi connectivity index (χ3n) is 4.93. The number of ether oxygens (including phenoxy) is 1. The Bertz CT molecular complexity index is 1350. The maximum Gasteiger partial charge on any atom is 0.296 e. The Hall–Kier alpha value is -3.69. The largest absolute Gasteiger partial charge is 0.492 e. The molecule has 0 bridgehead atoms. The number of para-hydroxylation sites is 2. The predicted octanol–water partition coefficient (Wildman–Crippen LogP) is 3.43. The number of ketones is 2. The molecule has 0 aliphatic heterocycles. The number of fused-ring (bicyclic) bond motifs is 2. The van der Waals surface area contributed by atoms with E-state index in [0.717, 1.165) is 6.07 Å². The number of anilines is 3.